The van der Waals surface area contributed by atoms with E-state index in [1.54, 1.807) is 6.08 Å². The lowest BCUT2D eigenvalue weighted by Gasteiger charge is -1.93. The number of hydrogen-bond donors (Lipinski definition) is 0. The topological polar surface area (TPSA) is 26.3 Å². The summed E-state index contributed by atoms with van der Waals surface area (Å²) in [6.07, 6.45) is 3.53. The van der Waals surface area contributed by atoms with Crippen molar-refractivity contribution in [3.05, 3.63) is 47.7 Å². The molecule has 14 heavy (non-hydrogen) atoms. The summed E-state index contributed by atoms with van der Waals surface area (Å²) in [5.74, 6) is -0.157. The molecule has 0 unspecified atom stereocenters. The molecule has 2 nitrogen and oxygen atoms in total. The summed E-state index contributed by atoms with van der Waals surface area (Å²) in [4.78, 5) is 9.96. The van der Waals surface area contributed by atoms with Crippen molar-refractivity contribution >= 4 is 5.97 Å². The molecule has 1 aromatic rings. The SMILES string of the molecule is Cc1ccccc1C.O=C1CC=CO1. The van der Waals surface area contributed by atoms with E-state index in [1.807, 2.05) is 0 Å². The van der Waals surface area contributed by atoms with Crippen molar-refractivity contribution in [1.29, 1.82) is 0 Å². The fourth-order valence-electron chi connectivity index (χ4n) is 0.979. The van der Waals surface area contributed by atoms with Crippen LogP contribution in [0.1, 0.15) is 17.5 Å². The number of aryl methyl sites for hydroxylation is 2. The first-order valence-corrected chi connectivity index (χ1v) is 4.57. The van der Waals surface area contributed by atoms with E-state index >= 15 is 0 Å². The highest BCUT2D eigenvalue weighted by atomic mass is 16.5. The van der Waals surface area contributed by atoms with E-state index in [-0.39, 0.29) is 5.97 Å². The van der Waals surface area contributed by atoms with Gasteiger partial charge < -0.3 is 4.74 Å². The highest BCUT2D eigenvalue weighted by molar-refractivity contribution is 5.73. The van der Waals surface area contributed by atoms with Crippen molar-refractivity contribution in [1.82, 2.24) is 0 Å². The molecule has 2 heteroatoms. The van der Waals surface area contributed by atoms with Crippen LogP contribution in [0.2, 0.25) is 0 Å². The second-order valence-corrected chi connectivity index (χ2v) is 3.15. The van der Waals surface area contributed by atoms with Gasteiger partial charge in [-0.05, 0) is 31.1 Å². The van der Waals surface area contributed by atoms with Crippen LogP contribution >= 0.6 is 0 Å². The summed E-state index contributed by atoms with van der Waals surface area (Å²) in [5.41, 5.74) is 2.74. The summed E-state index contributed by atoms with van der Waals surface area (Å²) in [6.45, 7) is 4.24. The first-order chi connectivity index (χ1) is 6.70. The molecule has 1 aliphatic heterocycles. The molecular weight excluding hydrogens is 176 g/mol. The zero-order chi connectivity index (χ0) is 10.4. The first kappa shape index (κ1) is 10.5. The molecule has 1 heterocycles. The van der Waals surface area contributed by atoms with Crippen LogP contribution in [0, 0.1) is 13.8 Å². The van der Waals surface area contributed by atoms with Crippen LogP contribution in [0.15, 0.2) is 36.6 Å². The molecular formula is C12H14O2. The number of esters is 1. The molecule has 0 fully saturated rings. The number of cyclic esters (lactones) is 1. The molecule has 0 aliphatic carbocycles. The van der Waals surface area contributed by atoms with Crippen molar-refractivity contribution < 1.29 is 9.53 Å². The van der Waals surface area contributed by atoms with E-state index in [4.69, 9.17) is 0 Å². The fourth-order valence-corrected chi connectivity index (χ4v) is 0.979. The maximum atomic E-state index is 9.96. The number of rotatable bonds is 0. The number of ether oxygens (including phenoxy) is 1. The molecule has 1 aromatic carbocycles. The molecule has 0 aromatic heterocycles. The zero-order valence-electron chi connectivity index (χ0n) is 8.49. The van der Waals surface area contributed by atoms with Crippen LogP contribution < -0.4 is 0 Å². The Kier molecular flexibility index (Phi) is 3.92. The Bertz CT molecular complexity index is 309. The average molecular weight is 190 g/mol. The van der Waals surface area contributed by atoms with Gasteiger partial charge in [-0.3, -0.25) is 4.79 Å². The summed E-state index contributed by atoms with van der Waals surface area (Å²) in [6, 6.07) is 8.36. The highest BCUT2D eigenvalue weighted by Crippen LogP contribution is 2.02. The van der Waals surface area contributed by atoms with E-state index in [1.165, 1.54) is 17.4 Å². The number of hydrogen-bond acceptors (Lipinski definition) is 2. The van der Waals surface area contributed by atoms with Crippen molar-refractivity contribution in [3.8, 4) is 0 Å². The molecule has 0 N–H and O–H groups in total. The van der Waals surface area contributed by atoms with E-state index in [9.17, 15) is 4.79 Å². The van der Waals surface area contributed by atoms with Crippen molar-refractivity contribution in [2.24, 2.45) is 0 Å². The molecule has 0 amide bonds. The second kappa shape index (κ2) is 5.22. The Morgan fingerprint density at radius 2 is 1.71 bits per heavy atom. The minimum atomic E-state index is -0.157. The third-order valence-electron chi connectivity index (χ3n) is 2.01. The van der Waals surface area contributed by atoms with Crippen LogP contribution in [-0.2, 0) is 9.53 Å². The normalized spacial score (nSPS) is 13.1. The van der Waals surface area contributed by atoms with Crippen LogP contribution in [0.3, 0.4) is 0 Å². The minimum absolute atomic E-state index is 0.157. The zero-order valence-corrected chi connectivity index (χ0v) is 8.49. The van der Waals surface area contributed by atoms with Gasteiger partial charge in [-0.1, -0.05) is 24.3 Å². The predicted molar refractivity (Wildman–Crippen MR) is 55.8 cm³/mol. The Labute approximate surface area is 84.2 Å². The Balaban J connectivity index is 0.000000146. The Morgan fingerprint density at radius 1 is 1.14 bits per heavy atom. The summed E-state index contributed by atoms with van der Waals surface area (Å²) >= 11 is 0. The third kappa shape index (κ3) is 3.44. The molecule has 0 atom stereocenters. The molecule has 0 bridgehead atoms. The van der Waals surface area contributed by atoms with E-state index < -0.39 is 0 Å². The maximum absolute atomic E-state index is 9.96. The molecule has 0 spiro atoms. The van der Waals surface area contributed by atoms with Crippen LogP contribution in [0.5, 0.6) is 0 Å². The summed E-state index contributed by atoms with van der Waals surface area (Å²) in [5, 5.41) is 0. The van der Waals surface area contributed by atoms with Crippen LogP contribution in [0.4, 0.5) is 0 Å². The first-order valence-electron chi connectivity index (χ1n) is 4.57. The molecule has 0 saturated carbocycles. The van der Waals surface area contributed by atoms with E-state index in [2.05, 4.69) is 42.8 Å². The lowest BCUT2D eigenvalue weighted by Crippen LogP contribution is -1.87. The monoisotopic (exact) mass is 190 g/mol. The van der Waals surface area contributed by atoms with Gasteiger partial charge in [-0.2, -0.15) is 0 Å². The second-order valence-electron chi connectivity index (χ2n) is 3.15. The fraction of sp³-hybridized carbons (Fsp3) is 0.250. The quantitative estimate of drug-likeness (QED) is 0.588. The van der Waals surface area contributed by atoms with Gasteiger partial charge in [0.15, 0.2) is 0 Å². The summed E-state index contributed by atoms with van der Waals surface area (Å²) in [7, 11) is 0. The standard InChI is InChI=1S/C8H10.C4H4O2/c1-7-5-3-4-6-8(7)2;5-4-2-1-3-6-4/h3-6H,1-2H3;1,3H,2H2. The molecule has 0 saturated heterocycles. The average Bonchev–Trinajstić information content (AvgIpc) is 2.63. The lowest BCUT2D eigenvalue weighted by molar-refractivity contribution is -0.135. The molecule has 1 aliphatic rings. The van der Waals surface area contributed by atoms with Gasteiger partial charge in [-0.25, -0.2) is 0 Å². The Hall–Kier alpha value is -1.57. The maximum Gasteiger partial charge on any atom is 0.314 e. The van der Waals surface area contributed by atoms with Gasteiger partial charge in [0.25, 0.3) is 0 Å². The van der Waals surface area contributed by atoms with Crippen LogP contribution in [-0.4, -0.2) is 5.97 Å². The predicted octanol–water partition coefficient (Wildman–Crippen LogP) is 2.75. The van der Waals surface area contributed by atoms with Gasteiger partial charge in [-0.15, -0.1) is 0 Å². The number of benzene rings is 1. The van der Waals surface area contributed by atoms with E-state index in [0.717, 1.165) is 0 Å². The minimum Gasteiger partial charge on any atom is -0.435 e. The van der Waals surface area contributed by atoms with Crippen LogP contribution in [0.25, 0.3) is 0 Å². The largest absolute Gasteiger partial charge is 0.435 e. The van der Waals surface area contributed by atoms with Crippen molar-refractivity contribution in [2.45, 2.75) is 20.3 Å². The number of carbonyl (C=O) groups is 1. The van der Waals surface area contributed by atoms with Crippen molar-refractivity contribution in [3.63, 3.8) is 0 Å². The summed E-state index contributed by atoms with van der Waals surface area (Å²) < 4.78 is 4.33. The van der Waals surface area contributed by atoms with Gasteiger partial charge in [0.05, 0.1) is 12.7 Å². The van der Waals surface area contributed by atoms with E-state index in [0.29, 0.717) is 6.42 Å². The van der Waals surface area contributed by atoms with Crippen molar-refractivity contribution in [2.75, 3.05) is 0 Å². The Morgan fingerprint density at radius 3 is 1.93 bits per heavy atom. The molecule has 2 rings (SSSR count). The van der Waals surface area contributed by atoms with Gasteiger partial charge in [0.2, 0.25) is 0 Å². The highest BCUT2D eigenvalue weighted by Gasteiger charge is 2.00. The van der Waals surface area contributed by atoms with Gasteiger partial charge in [0.1, 0.15) is 0 Å². The number of carbonyl (C=O) groups excluding carboxylic acids is 1. The van der Waals surface area contributed by atoms with Gasteiger partial charge in [0, 0.05) is 0 Å². The lowest BCUT2D eigenvalue weighted by atomic mass is 10.1. The molecule has 0 radical (unpaired) electrons. The smallest absolute Gasteiger partial charge is 0.314 e. The molecule has 74 valence electrons. The van der Waals surface area contributed by atoms with Gasteiger partial charge >= 0.3 is 5.97 Å². The third-order valence-corrected chi connectivity index (χ3v) is 2.01.